The Morgan fingerprint density at radius 3 is 2.42 bits per heavy atom. The zero-order valence-electron chi connectivity index (χ0n) is 14.8. The Morgan fingerprint density at radius 2 is 1.77 bits per heavy atom. The first-order chi connectivity index (χ1) is 12.4. The van der Waals surface area contributed by atoms with E-state index in [2.05, 4.69) is 5.32 Å². The molecule has 0 spiro atoms. The number of carbonyl (C=O) groups is 1. The van der Waals surface area contributed by atoms with Crippen molar-refractivity contribution >= 4 is 16.1 Å². The standard InChI is InChI=1S/C19H23NO5S/c1-3-24-19(21)18(20-14-15-8-5-4-6-9-15)13-16-10-7-11-17(12-16)25-26(2,22)23/h4-12,18,20H,3,13-14H2,1-2H3/t18-/m0/s1. The molecule has 140 valence electrons. The number of ether oxygens (including phenoxy) is 1. The molecule has 2 aromatic carbocycles. The lowest BCUT2D eigenvalue weighted by atomic mass is 10.1. The molecule has 1 atom stereocenters. The second kappa shape index (κ2) is 9.35. The summed E-state index contributed by atoms with van der Waals surface area (Å²) in [6.45, 7) is 2.57. The second-order valence-corrected chi connectivity index (χ2v) is 7.39. The van der Waals surface area contributed by atoms with Gasteiger partial charge in [0, 0.05) is 6.54 Å². The van der Waals surface area contributed by atoms with Crippen LogP contribution in [0.2, 0.25) is 0 Å². The molecule has 0 bridgehead atoms. The Hall–Kier alpha value is -2.38. The molecule has 0 aliphatic carbocycles. The summed E-state index contributed by atoms with van der Waals surface area (Å²) in [5.41, 5.74) is 1.82. The van der Waals surface area contributed by atoms with E-state index in [9.17, 15) is 13.2 Å². The molecule has 2 rings (SSSR count). The van der Waals surface area contributed by atoms with E-state index in [1.165, 1.54) is 0 Å². The Morgan fingerprint density at radius 1 is 1.08 bits per heavy atom. The fourth-order valence-electron chi connectivity index (χ4n) is 2.45. The molecule has 7 heteroatoms. The van der Waals surface area contributed by atoms with Gasteiger partial charge in [-0.25, -0.2) is 0 Å². The molecule has 0 radical (unpaired) electrons. The van der Waals surface area contributed by atoms with Crippen LogP contribution in [0, 0.1) is 0 Å². The SMILES string of the molecule is CCOC(=O)[C@H](Cc1cccc(OS(C)(=O)=O)c1)NCc1ccccc1. The lowest BCUT2D eigenvalue weighted by molar-refractivity contribution is -0.145. The van der Waals surface area contributed by atoms with Crippen LogP contribution in [0.3, 0.4) is 0 Å². The summed E-state index contributed by atoms with van der Waals surface area (Å²) in [7, 11) is -3.60. The van der Waals surface area contributed by atoms with E-state index in [4.69, 9.17) is 8.92 Å². The lowest BCUT2D eigenvalue weighted by Crippen LogP contribution is -2.39. The maximum Gasteiger partial charge on any atom is 0.323 e. The monoisotopic (exact) mass is 377 g/mol. The van der Waals surface area contributed by atoms with Gasteiger partial charge in [0.15, 0.2) is 0 Å². The van der Waals surface area contributed by atoms with Crippen LogP contribution in [0.5, 0.6) is 5.75 Å². The van der Waals surface area contributed by atoms with Gasteiger partial charge >= 0.3 is 16.1 Å². The highest BCUT2D eigenvalue weighted by atomic mass is 32.2. The number of hydrogen-bond acceptors (Lipinski definition) is 6. The molecule has 0 saturated heterocycles. The van der Waals surface area contributed by atoms with Crippen molar-refractivity contribution in [2.45, 2.75) is 25.9 Å². The van der Waals surface area contributed by atoms with E-state index >= 15 is 0 Å². The zero-order valence-corrected chi connectivity index (χ0v) is 15.7. The minimum atomic E-state index is -3.60. The largest absolute Gasteiger partial charge is 0.465 e. The summed E-state index contributed by atoms with van der Waals surface area (Å²) in [5, 5.41) is 3.20. The van der Waals surface area contributed by atoms with E-state index in [1.54, 1.807) is 25.1 Å². The van der Waals surface area contributed by atoms with Gasteiger partial charge in [0.05, 0.1) is 12.9 Å². The fourth-order valence-corrected chi connectivity index (χ4v) is 2.91. The van der Waals surface area contributed by atoms with E-state index in [-0.39, 0.29) is 11.7 Å². The quantitative estimate of drug-likeness (QED) is 0.533. The molecule has 0 fully saturated rings. The Labute approximate surface area is 154 Å². The summed E-state index contributed by atoms with van der Waals surface area (Å²) < 4.78 is 32.6. The summed E-state index contributed by atoms with van der Waals surface area (Å²) in [4.78, 5) is 12.3. The van der Waals surface area contributed by atoms with Crippen LogP contribution in [0.1, 0.15) is 18.1 Å². The molecule has 1 N–H and O–H groups in total. The highest BCUT2D eigenvalue weighted by molar-refractivity contribution is 7.86. The van der Waals surface area contributed by atoms with Crippen LogP contribution in [0.25, 0.3) is 0 Å². The van der Waals surface area contributed by atoms with E-state index < -0.39 is 16.2 Å². The van der Waals surface area contributed by atoms with Gasteiger partial charge in [0.1, 0.15) is 11.8 Å². The Bertz CT molecular complexity index is 821. The Balaban J connectivity index is 2.10. The molecule has 0 aromatic heterocycles. The molecule has 6 nitrogen and oxygen atoms in total. The van der Waals surface area contributed by atoms with E-state index in [1.807, 2.05) is 36.4 Å². The van der Waals surface area contributed by atoms with Gasteiger partial charge in [0.2, 0.25) is 0 Å². The van der Waals surface area contributed by atoms with Gasteiger partial charge in [0.25, 0.3) is 0 Å². The molecule has 0 aliphatic heterocycles. The van der Waals surface area contributed by atoms with Crippen LogP contribution in [0.4, 0.5) is 0 Å². The summed E-state index contributed by atoms with van der Waals surface area (Å²) in [5.74, 6) is -0.131. The second-order valence-electron chi connectivity index (χ2n) is 5.81. The van der Waals surface area contributed by atoms with Crippen molar-refractivity contribution in [3.05, 3.63) is 65.7 Å². The smallest absolute Gasteiger partial charge is 0.323 e. The molecular weight excluding hydrogens is 354 g/mol. The highest BCUT2D eigenvalue weighted by Gasteiger charge is 2.20. The number of esters is 1. The van der Waals surface area contributed by atoms with Gasteiger partial charge in [-0.15, -0.1) is 0 Å². The lowest BCUT2D eigenvalue weighted by Gasteiger charge is -2.18. The predicted octanol–water partition coefficient (Wildman–Crippen LogP) is 2.29. The molecule has 0 unspecified atom stereocenters. The fraction of sp³-hybridized carbons (Fsp3) is 0.316. The minimum absolute atomic E-state index is 0.218. The first-order valence-electron chi connectivity index (χ1n) is 8.29. The third kappa shape index (κ3) is 6.85. The first kappa shape index (κ1) is 19.9. The van der Waals surface area contributed by atoms with Gasteiger partial charge < -0.3 is 14.2 Å². The number of nitrogens with one attached hydrogen (secondary N) is 1. The third-order valence-electron chi connectivity index (χ3n) is 3.55. The van der Waals surface area contributed by atoms with Crippen LogP contribution in [-0.2, 0) is 32.6 Å². The minimum Gasteiger partial charge on any atom is -0.465 e. The molecule has 0 amide bonds. The number of hydrogen-bond donors (Lipinski definition) is 1. The third-order valence-corrected chi connectivity index (χ3v) is 4.05. The average Bonchev–Trinajstić information content (AvgIpc) is 2.58. The first-order valence-corrected chi connectivity index (χ1v) is 10.1. The van der Waals surface area contributed by atoms with Crippen LogP contribution in [-0.4, -0.2) is 33.3 Å². The summed E-state index contributed by atoms with van der Waals surface area (Å²) in [6.07, 6.45) is 1.34. The van der Waals surface area contributed by atoms with Crippen LogP contribution < -0.4 is 9.50 Å². The van der Waals surface area contributed by atoms with Crippen molar-refractivity contribution in [1.29, 1.82) is 0 Å². The molecule has 2 aromatic rings. The molecule has 0 heterocycles. The normalized spacial score (nSPS) is 12.4. The van der Waals surface area contributed by atoms with Gasteiger partial charge in [-0.2, -0.15) is 8.42 Å². The zero-order chi connectivity index (χ0) is 19.0. The number of rotatable bonds is 9. The molecule has 0 aliphatic rings. The number of benzene rings is 2. The van der Waals surface area contributed by atoms with Crippen molar-refractivity contribution in [2.75, 3.05) is 12.9 Å². The predicted molar refractivity (Wildman–Crippen MR) is 99.3 cm³/mol. The number of carbonyl (C=O) groups excluding carboxylic acids is 1. The highest BCUT2D eigenvalue weighted by Crippen LogP contribution is 2.17. The van der Waals surface area contributed by atoms with Gasteiger partial charge in [-0.1, -0.05) is 42.5 Å². The van der Waals surface area contributed by atoms with Gasteiger partial charge in [-0.05, 0) is 36.6 Å². The maximum absolute atomic E-state index is 12.3. The topological polar surface area (TPSA) is 81.7 Å². The molecule has 26 heavy (non-hydrogen) atoms. The van der Waals surface area contributed by atoms with Gasteiger partial charge in [-0.3, -0.25) is 4.79 Å². The van der Waals surface area contributed by atoms with Crippen molar-refractivity contribution in [1.82, 2.24) is 5.32 Å². The van der Waals surface area contributed by atoms with Crippen molar-refractivity contribution in [3.63, 3.8) is 0 Å². The maximum atomic E-state index is 12.3. The van der Waals surface area contributed by atoms with E-state index in [0.29, 0.717) is 19.6 Å². The Kier molecular flexibility index (Phi) is 7.17. The van der Waals surface area contributed by atoms with Crippen molar-refractivity contribution in [2.24, 2.45) is 0 Å². The summed E-state index contributed by atoms with van der Waals surface area (Å²) in [6, 6.07) is 15.8. The average molecular weight is 377 g/mol. The van der Waals surface area contributed by atoms with Crippen molar-refractivity contribution < 1.29 is 22.1 Å². The molecule has 0 saturated carbocycles. The van der Waals surface area contributed by atoms with Crippen LogP contribution >= 0.6 is 0 Å². The van der Waals surface area contributed by atoms with Crippen molar-refractivity contribution in [3.8, 4) is 5.75 Å². The molecular formula is C19H23NO5S. The van der Waals surface area contributed by atoms with E-state index in [0.717, 1.165) is 17.4 Å². The van der Waals surface area contributed by atoms with Crippen LogP contribution in [0.15, 0.2) is 54.6 Å². The summed E-state index contributed by atoms with van der Waals surface area (Å²) >= 11 is 0.